The third-order valence-electron chi connectivity index (χ3n) is 3.29. The topological polar surface area (TPSA) is 49.3 Å². The van der Waals surface area contributed by atoms with E-state index in [9.17, 15) is 9.18 Å². The molecule has 1 fully saturated rings. The monoisotopic (exact) mass is 269 g/mol. The van der Waals surface area contributed by atoms with Crippen LogP contribution in [0.5, 0.6) is 0 Å². The molecular formula is C13H16FNO2S. The summed E-state index contributed by atoms with van der Waals surface area (Å²) >= 11 is 1.85. The molecule has 0 saturated heterocycles. The number of benzene rings is 1. The van der Waals surface area contributed by atoms with E-state index in [0.717, 1.165) is 25.3 Å². The largest absolute Gasteiger partial charge is 0.478 e. The summed E-state index contributed by atoms with van der Waals surface area (Å²) in [4.78, 5) is 10.7. The van der Waals surface area contributed by atoms with Crippen LogP contribution in [-0.4, -0.2) is 28.6 Å². The summed E-state index contributed by atoms with van der Waals surface area (Å²) in [7, 11) is 0. The zero-order chi connectivity index (χ0) is 13.1. The van der Waals surface area contributed by atoms with E-state index in [0.29, 0.717) is 10.9 Å². The van der Waals surface area contributed by atoms with Crippen molar-refractivity contribution in [3.05, 3.63) is 29.6 Å². The summed E-state index contributed by atoms with van der Waals surface area (Å²) in [5.74, 6) is -1.61. The molecule has 2 atom stereocenters. The van der Waals surface area contributed by atoms with Gasteiger partial charge >= 0.3 is 5.97 Å². The fourth-order valence-electron chi connectivity index (χ4n) is 2.27. The van der Waals surface area contributed by atoms with Gasteiger partial charge < -0.3 is 10.4 Å². The van der Waals surface area contributed by atoms with E-state index in [4.69, 9.17) is 5.11 Å². The Kier molecular flexibility index (Phi) is 4.11. The molecule has 0 radical (unpaired) electrons. The van der Waals surface area contributed by atoms with Crippen LogP contribution in [0.2, 0.25) is 0 Å². The number of nitrogens with one attached hydrogen (secondary N) is 1. The fourth-order valence-corrected chi connectivity index (χ4v) is 3.07. The summed E-state index contributed by atoms with van der Waals surface area (Å²) in [6, 6.07) is 4.28. The molecule has 5 heteroatoms. The van der Waals surface area contributed by atoms with Gasteiger partial charge in [0.2, 0.25) is 0 Å². The summed E-state index contributed by atoms with van der Waals surface area (Å²) < 4.78 is 13.7. The highest BCUT2D eigenvalue weighted by molar-refractivity contribution is 7.99. The normalized spacial score (nSPS) is 23.0. The van der Waals surface area contributed by atoms with Gasteiger partial charge in [0, 0.05) is 11.3 Å². The first kappa shape index (κ1) is 13.2. The Bertz CT molecular complexity index is 453. The van der Waals surface area contributed by atoms with E-state index in [1.807, 2.05) is 11.8 Å². The van der Waals surface area contributed by atoms with Crippen LogP contribution in [0.25, 0.3) is 0 Å². The van der Waals surface area contributed by atoms with Gasteiger partial charge in [0.15, 0.2) is 0 Å². The van der Waals surface area contributed by atoms with Crippen molar-refractivity contribution in [2.24, 2.45) is 0 Å². The number of rotatable bonds is 4. The van der Waals surface area contributed by atoms with Gasteiger partial charge in [-0.05, 0) is 43.7 Å². The van der Waals surface area contributed by atoms with Crippen LogP contribution in [0, 0.1) is 5.82 Å². The second-order valence-corrected chi connectivity index (χ2v) is 5.65. The summed E-state index contributed by atoms with van der Waals surface area (Å²) in [6.07, 6.45) is 5.30. The van der Waals surface area contributed by atoms with Crippen molar-refractivity contribution in [2.45, 2.75) is 30.6 Å². The van der Waals surface area contributed by atoms with Crippen LogP contribution in [0.3, 0.4) is 0 Å². The third kappa shape index (κ3) is 2.96. The molecule has 98 valence electrons. The smallest absolute Gasteiger partial charge is 0.335 e. The average molecular weight is 269 g/mol. The third-order valence-corrected chi connectivity index (χ3v) is 4.39. The van der Waals surface area contributed by atoms with Crippen molar-refractivity contribution in [3.8, 4) is 0 Å². The molecule has 0 aliphatic heterocycles. The number of carbonyl (C=O) groups is 1. The Labute approximate surface area is 110 Å². The molecule has 2 rings (SSSR count). The molecule has 1 saturated carbocycles. The maximum Gasteiger partial charge on any atom is 0.335 e. The summed E-state index contributed by atoms with van der Waals surface area (Å²) in [5, 5.41) is 12.6. The zero-order valence-electron chi connectivity index (χ0n) is 10.1. The van der Waals surface area contributed by atoms with E-state index in [2.05, 4.69) is 11.6 Å². The van der Waals surface area contributed by atoms with E-state index in [-0.39, 0.29) is 11.6 Å². The minimum Gasteiger partial charge on any atom is -0.478 e. The highest BCUT2D eigenvalue weighted by atomic mass is 32.2. The van der Waals surface area contributed by atoms with Crippen molar-refractivity contribution in [2.75, 3.05) is 11.6 Å². The first-order valence-electron chi connectivity index (χ1n) is 5.92. The van der Waals surface area contributed by atoms with Gasteiger partial charge in [0.05, 0.1) is 11.3 Å². The van der Waals surface area contributed by atoms with Crippen LogP contribution in [0.1, 0.15) is 29.6 Å². The number of aromatic carboxylic acids is 1. The first-order chi connectivity index (χ1) is 8.60. The van der Waals surface area contributed by atoms with E-state index in [1.54, 1.807) is 0 Å². The molecule has 0 spiro atoms. The van der Waals surface area contributed by atoms with E-state index >= 15 is 0 Å². The minimum absolute atomic E-state index is 0.0218. The van der Waals surface area contributed by atoms with Gasteiger partial charge in [-0.3, -0.25) is 0 Å². The van der Waals surface area contributed by atoms with Crippen molar-refractivity contribution in [1.29, 1.82) is 0 Å². The average Bonchev–Trinajstić information content (AvgIpc) is 2.79. The molecule has 2 unspecified atom stereocenters. The zero-order valence-corrected chi connectivity index (χ0v) is 11.0. The fraction of sp³-hybridized carbons (Fsp3) is 0.462. The van der Waals surface area contributed by atoms with E-state index < -0.39 is 11.8 Å². The number of halogens is 1. The summed E-state index contributed by atoms with van der Waals surface area (Å²) in [5.41, 5.74) is 0.373. The Morgan fingerprint density at radius 2 is 2.28 bits per heavy atom. The van der Waals surface area contributed by atoms with Crippen molar-refractivity contribution in [1.82, 2.24) is 0 Å². The van der Waals surface area contributed by atoms with Gasteiger partial charge in [-0.15, -0.1) is 0 Å². The molecule has 18 heavy (non-hydrogen) atoms. The lowest BCUT2D eigenvalue weighted by atomic mass is 10.1. The first-order valence-corrected chi connectivity index (χ1v) is 7.21. The molecule has 3 nitrogen and oxygen atoms in total. The lowest BCUT2D eigenvalue weighted by molar-refractivity contribution is 0.0696. The Balaban J connectivity index is 2.04. The van der Waals surface area contributed by atoms with Gasteiger partial charge in [-0.2, -0.15) is 11.8 Å². The molecule has 2 N–H and O–H groups in total. The standard InChI is InChI=1S/C13H16FNO2S/c1-18-10-4-3-9(7-10)15-12-5-2-8(13(16)17)6-11(12)14/h2,5-6,9-10,15H,3-4,7H2,1H3,(H,16,17). The van der Waals surface area contributed by atoms with Gasteiger partial charge in [-0.25, -0.2) is 9.18 Å². The van der Waals surface area contributed by atoms with Crippen LogP contribution in [0.15, 0.2) is 18.2 Å². The molecule has 1 aliphatic rings. The highest BCUT2D eigenvalue weighted by Crippen LogP contribution is 2.30. The van der Waals surface area contributed by atoms with Crippen molar-refractivity contribution >= 4 is 23.4 Å². The minimum atomic E-state index is -1.11. The van der Waals surface area contributed by atoms with Gasteiger partial charge in [-0.1, -0.05) is 0 Å². The molecule has 0 heterocycles. The quantitative estimate of drug-likeness (QED) is 0.881. The Morgan fingerprint density at radius 3 is 2.83 bits per heavy atom. The number of thioether (sulfide) groups is 1. The summed E-state index contributed by atoms with van der Waals surface area (Å²) in [6.45, 7) is 0. The molecular weight excluding hydrogens is 253 g/mol. The predicted octanol–water partition coefficient (Wildman–Crippen LogP) is 3.22. The number of hydrogen-bond donors (Lipinski definition) is 2. The number of carboxylic acid groups (broad SMARTS) is 1. The molecule has 0 aromatic heterocycles. The van der Waals surface area contributed by atoms with Crippen LogP contribution in [-0.2, 0) is 0 Å². The Morgan fingerprint density at radius 1 is 1.50 bits per heavy atom. The Hall–Kier alpha value is -1.23. The highest BCUT2D eigenvalue weighted by Gasteiger charge is 2.24. The number of hydrogen-bond acceptors (Lipinski definition) is 3. The molecule has 1 aliphatic carbocycles. The molecule has 0 amide bonds. The molecule has 1 aromatic rings. The number of carboxylic acids is 1. The predicted molar refractivity (Wildman–Crippen MR) is 71.9 cm³/mol. The van der Waals surface area contributed by atoms with Crippen molar-refractivity contribution in [3.63, 3.8) is 0 Å². The van der Waals surface area contributed by atoms with Crippen LogP contribution in [0.4, 0.5) is 10.1 Å². The SMILES string of the molecule is CSC1CCC(Nc2ccc(C(=O)O)cc2F)C1. The lowest BCUT2D eigenvalue weighted by Crippen LogP contribution is -2.17. The number of anilines is 1. The van der Waals surface area contributed by atoms with Gasteiger partial charge in [0.25, 0.3) is 0 Å². The molecule has 0 bridgehead atoms. The second-order valence-electron chi connectivity index (χ2n) is 4.51. The van der Waals surface area contributed by atoms with Crippen LogP contribution >= 0.6 is 11.8 Å². The van der Waals surface area contributed by atoms with Gasteiger partial charge in [0.1, 0.15) is 5.82 Å². The lowest BCUT2D eigenvalue weighted by Gasteiger charge is -2.15. The molecule has 1 aromatic carbocycles. The second kappa shape index (κ2) is 5.61. The van der Waals surface area contributed by atoms with Crippen molar-refractivity contribution < 1.29 is 14.3 Å². The maximum atomic E-state index is 13.7. The van der Waals surface area contributed by atoms with Crippen LogP contribution < -0.4 is 5.32 Å². The van der Waals surface area contributed by atoms with E-state index in [1.165, 1.54) is 12.1 Å². The maximum absolute atomic E-state index is 13.7.